The molecular weight excluding hydrogens is 430 g/mol. The van der Waals surface area contributed by atoms with Crippen LogP contribution in [0.1, 0.15) is 17.3 Å². The van der Waals surface area contributed by atoms with E-state index in [1.54, 1.807) is 48.5 Å². The molecular formula is C23H23N3O5S. The van der Waals surface area contributed by atoms with E-state index in [0.717, 1.165) is 4.31 Å². The van der Waals surface area contributed by atoms with Crippen LogP contribution in [0.3, 0.4) is 0 Å². The van der Waals surface area contributed by atoms with Gasteiger partial charge in [0.2, 0.25) is 5.91 Å². The van der Waals surface area contributed by atoms with E-state index in [4.69, 9.17) is 4.74 Å². The molecule has 0 atom stereocenters. The first kappa shape index (κ1) is 22.8. The van der Waals surface area contributed by atoms with Crippen LogP contribution in [0.25, 0.3) is 0 Å². The van der Waals surface area contributed by atoms with Crippen molar-refractivity contribution in [1.29, 1.82) is 0 Å². The van der Waals surface area contributed by atoms with E-state index in [9.17, 15) is 18.0 Å². The Morgan fingerprint density at radius 2 is 1.50 bits per heavy atom. The molecule has 0 aliphatic heterocycles. The topological polar surface area (TPSA) is 105 Å². The summed E-state index contributed by atoms with van der Waals surface area (Å²) in [6.07, 6.45) is 0. The van der Waals surface area contributed by atoms with Gasteiger partial charge in [0.05, 0.1) is 17.7 Å². The zero-order chi connectivity index (χ0) is 23.3. The number of amides is 2. The average Bonchev–Trinajstić information content (AvgIpc) is 2.78. The highest BCUT2D eigenvalue weighted by Crippen LogP contribution is 2.25. The number of hydrogen-bond donors (Lipinski definition) is 2. The third kappa shape index (κ3) is 5.25. The number of sulfonamides is 1. The van der Waals surface area contributed by atoms with Crippen LogP contribution in [-0.4, -0.2) is 34.4 Å². The lowest BCUT2D eigenvalue weighted by Gasteiger charge is -2.20. The lowest BCUT2D eigenvalue weighted by Crippen LogP contribution is -2.26. The van der Waals surface area contributed by atoms with Crippen LogP contribution < -0.4 is 19.7 Å². The summed E-state index contributed by atoms with van der Waals surface area (Å²) in [7, 11) is -0.924. The summed E-state index contributed by atoms with van der Waals surface area (Å²) < 4.78 is 32.4. The summed E-state index contributed by atoms with van der Waals surface area (Å²) >= 11 is 0. The van der Waals surface area contributed by atoms with Crippen LogP contribution in [-0.2, 0) is 14.8 Å². The molecule has 0 radical (unpaired) electrons. The first-order valence-corrected chi connectivity index (χ1v) is 11.1. The van der Waals surface area contributed by atoms with Crippen LogP contribution in [0.5, 0.6) is 5.75 Å². The van der Waals surface area contributed by atoms with Crippen molar-refractivity contribution in [1.82, 2.24) is 0 Å². The predicted octanol–water partition coefficient (Wildman–Crippen LogP) is 3.73. The van der Waals surface area contributed by atoms with Gasteiger partial charge in [-0.05, 0) is 60.7 Å². The van der Waals surface area contributed by atoms with Crippen molar-refractivity contribution < 1.29 is 22.7 Å². The Morgan fingerprint density at radius 3 is 2.12 bits per heavy atom. The van der Waals surface area contributed by atoms with Gasteiger partial charge in [-0.3, -0.25) is 13.9 Å². The molecule has 2 N–H and O–H groups in total. The summed E-state index contributed by atoms with van der Waals surface area (Å²) in [4.78, 5) is 23.9. The van der Waals surface area contributed by atoms with Gasteiger partial charge in [-0.1, -0.05) is 12.1 Å². The minimum Gasteiger partial charge on any atom is -0.497 e. The van der Waals surface area contributed by atoms with E-state index in [0.29, 0.717) is 22.8 Å². The highest BCUT2D eigenvalue weighted by atomic mass is 32.2. The Morgan fingerprint density at radius 1 is 0.875 bits per heavy atom. The van der Waals surface area contributed by atoms with E-state index in [1.807, 2.05) is 0 Å². The van der Waals surface area contributed by atoms with Gasteiger partial charge in [0.1, 0.15) is 5.75 Å². The maximum atomic E-state index is 13.1. The molecule has 166 valence electrons. The highest BCUT2D eigenvalue weighted by Gasteiger charge is 2.22. The van der Waals surface area contributed by atoms with Crippen molar-refractivity contribution in [3.63, 3.8) is 0 Å². The van der Waals surface area contributed by atoms with Crippen molar-refractivity contribution >= 4 is 38.9 Å². The Kier molecular flexibility index (Phi) is 6.79. The molecule has 32 heavy (non-hydrogen) atoms. The number of benzene rings is 3. The molecule has 0 heterocycles. The standard InChI is InChI=1S/C23H23N3O5S/c1-16(27)24-18-7-5-8-19(15-18)25-23(28)17-6-4-9-22(14-17)32(29,30)26(2)20-10-12-21(31-3)13-11-20/h4-15H,1-3H3,(H,24,27)(H,25,28). The van der Waals surface area contributed by atoms with Crippen LogP contribution >= 0.6 is 0 Å². The number of anilines is 3. The van der Waals surface area contributed by atoms with Crippen molar-refractivity contribution in [2.24, 2.45) is 0 Å². The zero-order valence-corrected chi connectivity index (χ0v) is 18.6. The number of nitrogens with one attached hydrogen (secondary N) is 2. The molecule has 0 aliphatic carbocycles. The van der Waals surface area contributed by atoms with Gasteiger partial charge in [0.15, 0.2) is 0 Å². The second-order valence-electron chi connectivity index (χ2n) is 6.91. The van der Waals surface area contributed by atoms with Crippen molar-refractivity contribution in [2.75, 3.05) is 29.1 Å². The predicted molar refractivity (Wildman–Crippen MR) is 124 cm³/mol. The van der Waals surface area contributed by atoms with Gasteiger partial charge in [0.25, 0.3) is 15.9 Å². The molecule has 0 saturated carbocycles. The normalized spacial score (nSPS) is 10.8. The van der Waals surface area contributed by atoms with Crippen LogP contribution in [0.15, 0.2) is 77.7 Å². The first-order valence-electron chi connectivity index (χ1n) is 9.63. The van der Waals surface area contributed by atoms with Gasteiger partial charge in [0, 0.05) is 30.9 Å². The largest absolute Gasteiger partial charge is 0.497 e. The SMILES string of the molecule is COc1ccc(N(C)S(=O)(=O)c2cccc(C(=O)Nc3cccc(NC(C)=O)c3)c2)cc1. The first-order chi connectivity index (χ1) is 15.2. The van der Waals surface area contributed by atoms with E-state index in [2.05, 4.69) is 10.6 Å². The maximum absolute atomic E-state index is 13.1. The van der Waals surface area contributed by atoms with Crippen LogP contribution in [0.2, 0.25) is 0 Å². The molecule has 0 bridgehead atoms. The summed E-state index contributed by atoms with van der Waals surface area (Å²) in [6.45, 7) is 1.39. The molecule has 0 spiro atoms. The lowest BCUT2D eigenvalue weighted by atomic mass is 10.2. The Bertz CT molecular complexity index is 1240. The molecule has 0 unspecified atom stereocenters. The molecule has 9 heteroatoms. The Labute approximate surface area is 186 Å². The molecule has 2 amide bonds. The molecule has 0 fully saturated rings. The number of nitrogens with zero attached hydrogens (tertiary/aromatic N) is 1. The maximum Gasteiger partial charge on any atom is 0.264 e. The van der Waals surface area contributed by atoms with Crippen LogP contribution in [0.4, 0.5) is 17.1 Å². The Hall–Kier alpha value is -3.85. The van der Waals surface area contributed by atoms with E-state index >= 15 is 0 Å². The Balaban J connectivity index is 1.82. The van der Waals surface area contributed by atoms with Gasteiger partial charge in [-0.15, -0.1) is 0 Å². The lowest BCUT2D eigenvalue weighted by molar-refractivity contribution is -0.114. The van der Waals surface area contributed by atoms with Gasteiger partial charge in [-0.2, -0.15) is 0 Å². The zero-order valence-electron chi connectivity index (χ0n) is 17.8. The van der Waals surface area contributed by atoms with Crippen molar-refractivity contribution in [2.45, 2.75) is 11.8 Å². The van der Waals surface area contributed by atoms with E-state index in [-0.39, 0.29) is 16.4 Å². The number of rotatable bonds is 7. The molecule has 0 aliphatic rings. The number of hydrogen-bond acceptors (Lipinski definition) is 5. The summed E-state index contributed by atoms with van der Waals surface area (Å²) in [6, 6.07) is 19.1. The fraction of sp³-hybridized carbons (Fsp3) is 0.130. The average molecular weight is 454 g/mol. The fourth-order valence-electron chi connectivity index (χ4n) is 2.97. The molecule has 0 saturated heterocycles. The molecule has 3 aromatic carbocycles. The number of methoxy groups -OCH3 is 1. The summed E-state index contributed by atoms with van der Waals surface area (Å²) in [5, 5.41) is 5.35. The van der Waals surface area contributed by atoms with E-state index < -0.39 is 15.9 Å². The molecule has 0 aromatic heterocycles. The number of ether oxygens (including phenoxy) is 1. The minimum atomic E-state index is -3.90. The fourth-order valence-corrected chi connectivity index (χ4v) is 4.21. The summed E-state index contributed by atoms with van der Waals surface area (Å²) in [5.74, 6) is -0.0951. The second kappa shape index (κ2) is 9.52. The van der Waals surface area contributed by atoms with Gasteiger partial charge < -0.3 is 15.4 Å². The monoisotopic (exact) mass is 453 g/mol. The molecule has 3 rings (SSSR count). The van der Waals surface area contributed by atoms with E-state index in [1.165, 1.54) is 45.3 Å². The minimum absolute atomic E-state index is 0.0181. The number of carbonyl (C=O) groups excluding carboxylic acids is 2. The van der Waals surface area contributed by atoms with Crippen LogP contribution in [0, 0.1) is 0 Å². The third-order valence-corrected chi connectivity index (χ3v) is 6.41. The van der Waals surface area contributed by atoms with Gasteiger partial charge in [-0.25, -0.2) is 8.42 Å². The van der Waals surface area contributed by atoms with Crippen molar-refractivity contribution in [3.8, 4) is 5.75 Å². The molecule has 3 aromatic rings. The molecule has 8 nitrogen and oxygen atoms in total. The van der Waals surface area contributed by atoms with Crippen molar-refractivity contribution in [3.05, 3.63) is 78.4 Å². The second-order valence-corrected chi connectivity index (χ2v) is 8.88. The number of carbonyl (C=O) groups is 2. The third-order valence-electron chi connectivity index (χ3n) is 4.63. The highest BCUT2D eigenvalue weighted by molar-refractivity contribution is 7.92. The van der Waals surface area contributed by atoms with Gasteiger partial charge >= 0.3 is 0 Å². The smallest absolute Gasteiger partial charge is 0.264 e. The summed E-state index contributed by atoms with van der Waals surface area (Å²) in [5.41, 5.74) is 1.63. The quantitative estimate of drug-likeness (QED) is 0.567.